The predicted molar refractivity (Wildman–Crippen MR) is 67.1 cm³/mol. The van der Waals surface area contributed by atoms with E-state index in [1.165, 1.54) is 0 Å². The van der Waals surface area contributed by atoms with Crippen molar-refractivity contribution in [2.45, 2.75) is 32.2 Å². The van der Waals surface area contributed by atoms with Gasteiger partial charge in [0, 0.05) is 32.4 Å². The quantitative estimate of drug-likeness (QED) is 0.628. The van der Waals surface area contributed by atoms with E-state index in [0.717, 1.165) is 31.9 Å². The Morgan fingerprint density at radius 3 is 2.56 bits per heavy atom. The number of rotatable bonds is 5. The summed E-state index contributed by atoms with van der Waals surface area (Å²) in [5.41, 5.74) is 9.38. The number of nitrogens with one attached hydrogen (secondary N) is 2. The molecule has 94 valence electrons. The normalized spacial score (nSPS) is 18.1. The molecule has 0 atom stereocenters. The molecule has 1 aliphatic rings. The van der Waals surface area contributed by atoms with Crippen LogP contribution in [0.15, 0.2) is 12.0 Å². The maximum Gasteiger partial charge on any atom is 0.130 e. The number of nitrogens with zero attached hydrogens (tertiary/aromatic N) is 2. The molecule has 0 unspecified atom stereocenters. The van der Waals surface area contributed by atoms with Crippen LogP contribution in [0.5, 0.6) is 0 Å². The Hall–Kier alpha value is -0.940. The van der Waals surface area contributed by atoms with E-state index >= 15 is 0 Å². The molecule has 0 saturated heterocycles. The van der Waals surface area contributed by atoms with Gasteiger partial charge in [0.05, 0.1) is 6.67 Å². The van der Waals surface area contributed by atoms with Gasteiger partial charge in [0.1, 0.15) is 5.82 Å². The lowest BCUT2D eigenvalue weighted by atomic mass is 9.94. The SMILES string of the molecule is CCC(N)(CC)CNC1=CN(C)CN(C)N1. The monoisotopic (exact) mass is 227 g/mol. The third kappa shape index (κ3) is 3.57. The van der Waals surface area contributed by atoms with Crippen molar-refractivity contribution in [3.05, 3.63) is 12.0 Å². The van der Waals surface area contributed by atoms with Gasteiger partial charge in [-0.1, -0.05) is 13.8 Å². The lowest BCUT2D eigenvalue weighted by Crippen LogP contribution is -2.53. The van der Waals surface area contributed by atoms with E-state index in [-0.39, 0.29) is 5.54 Å². The molecule has 0 aromatic heterocycles. The fraction of sp³-hybridized carbons (Fsp3) is 0.818. The molecule has 0 aromatic carbocycles. The molecule has 0 bridgehead atoms. The standard InChI is InChI=1S/C11H25N5/c1-5-11(12,6-2)8-13-10-7-15(3)9-16(4)14-10/h7,13-14H,5-6,8-9,12H2,1-4H3. The average molecular weight is 227 g/mol. The van der Waals surface area contributed by atoms with Crippen LogP contribution in [-0.4, -0.2) is 42.8 Å². The summed E-state index contributed by atoms with van der Waals surface area (Å²) >= 11 is 0. The Kier molecular flexibility index (Phi) is 4.44. The average Bonchev–Trinajstić information content (AvgIpc) is 2.25. The summed E-state index contributed by atoms with van der Waals surface area (Å²) in [5, 5.41) is 5.39. The lowest BCUT2D eigenvalue weighted by molar-refractivity contribution is 0.148. The van der Waals surface area contributed by atoms with E-state index in [4.69, 9.17) is 5.73 Å². The van der Waals surface area contributed by atoms with Crippen molar-refractivity contribution in [1.82, 2.24) is 20.7 Å². The van der Waals surface area contributed by atoms with Crippen LogP contribution in [0.1, 0.15) is 26.7 Å². The molecule has 1 rings (SSSR count). The Bertz CT molecular complexity index is 247. The van der Waals surface area contributed by atoms with Gasteiger partial charge in [0.15, 0.2) is 0 Å². The predicted octanol–water partition coefficient (Wildman–Crippen LogP) is 0.232. The smallest absolute Gasteiger partial charge is 0.130 e. The summed E-state index contributed by atoms with van der Waals surface area (Å²) in [7, 11) is 4.06. The van der Waals surface area contributed by atoms with Crippen molar-refractivity contribution in [1.29, 1.82) is 0 Å². The van der Waals surface area contributed by atoms with Gasteiger partial charge < -0.3 is 21.4 Å². The summed E-state index contributed by atoms with van der Waals surface area (Å²) in [4.78, 5) is 2.12. The third-order valence-electron chi connectivity index (χ3n) is 3.14. The second-order valence-corrected chi connectivity index (χ2v) is 4.67. The Morgan fingerprint density at radius 2 is 2.06 bits per heavy atom. The minimum absolute atomic E-state index is 0.114. The van der Waals surface area contributed by atoms with E-state index in [0.29, 0.717) is 0 Å². The maximum absolute atomic E-state index is 6.24. The molecule has 0 amide bonds. The second kappa shape index (κ2) is 5.41. The van der Waals surface area contributed by atoms with Gasteiger partial charge in [0.25, 0.3) is 0 Å². The molecule has 0 saturated carbocycles. The highest BCUT2D eigenvalue weighted by atomic mass is 15.6. The Labute approximate surface area is 98.6 Å². The highest BCUT2D eigenvalue weighted by Gasteiger charge is 2.21. The zero-order valence-corrected chi connectivity index (χ0v) is 10.9. The summed E-state index contributed by atoms with van der Waals surface area (Å²) in [6.07, 6.45) is 4.02. The largest absolute Gasteiger partial charge is 0.368 e. The van der Waals surface area contributed by atoms with Crippen LogP contribution in [0.3, 0.4) is 0 Å². The van der Waals surface area contributed by atoms with Crippen LogP contribution < -0.4 is 16.5 Å². The van der Waals surface area contributed by atoms with E-state index in [1.807, 2.05) is 19.1 Å². The number of nitrogens with two attached hydrogens (primary N) is 1. The van der Waals surface area contributed by atoms with E-state index in [9.17, 15) is 0 Å². The fourth-order valence-electron chi connectivity index (χ4n) is 1.72. The van der Waals surface area contributed by atoms with Crippen molar-refractivity contribution < 1.29 is 0 Å². The molecule has 16 heavy (non-hydrogen) atoms. The molecular weight excluding hydrogens is 202 g/mol. The van der Waals surface area contributed by atoms with Crippen molar-refractivity contribution in [3.8, 4) is 0 Å². The second-order valence-electron chi connectivity index (χ2n) is 4.67. The number of hydrazine groups is 1. The first-order chi connectivity index (χ1) is 7.49. The van der Waals surface area contributed by atoms with E-state index in [1.54, 1.807) is 0 Å². The van der Waals surface area contributed by atoms with Crippen molar-refractivity contribution in [3.63, 3.8) is 0 Å². The van der Waals surface area contributed by atoms with Crippen molar-refractivity contribution in [2.75, 3.05) is 27.3 Å². The van der Waals surface area contributed by atoms with Crippen LogP contribution in [0.4, 0.5) is 0 Å². The minimum Gasteiger partial charge on any atom is -0.368 e. The van der Waals surface area contributed by atoms with Gasteiger partial charge in [-0.25, -0.2) is 5.01 Å². The topological polar surface area (TPSA) is 56.6 Å². The maximum atomic E-state index is 6.24. The zero-order valence-electron chi connectivity index (χ0n) is 10.9. The Balaban J connectivity index is 2.48. The molecule has 0 aromatic rings. The summed E-state index contributed by atoms with van der Waals surface area (Å²) in [5.74, 6) is 1.01. The summed E-state index contributed by atoms with van der Waals surface area (Å²) in [6.45, 7) is 5.93. The first kappa shape index (κ1) is 13.1. The van der Waals surface area contributed by atoms with Crippen LogP contribution in [-0.2, 0) is 0 Å². The Morgan fingerprint density at radius 1 is 1.44 bits per heavy atom. The van der Waals surface area contributed by atoms with E-state index < -0.39 is 0 Å². The summed E-state index contributed by atoms with van der Waals surface area (Å²) in [6, 6.07) is 0. The molecule has 0 fully saturated rings. The molecular formula is C11H25N5. The molecule has 1 aliphatic heterocycles. The molecule has 4 N–H and O–H groups in total. The van der Waals surface area contributed by atoms with Gasteiger partial charge in [-0.15, -0.1) is 0 Å². The highest BCUT2D eigenvalue weighted by Crippen LogP contribution is 2.10. The first-order valence-electron chi connectivity index (χ1n) is 5.91. The number of hydrogen-bond donors (Lipinski definition) is 3. The van der Waals surface area contributed by atoms with Gasteiger partial charge in [-0.3, -0.25) is 0 Å². The van der Waals surface area contributed by atoms with E-state index in [2.05, 4.69) is 35.7 Å². The van der Waals surface area contributed by atoms with Crippen LogP contribution in [0, 0.1) is 0 Å². The lowest BCUT2D eigenvalue weighted by Gasteiger charge is -2.34. The summed E-state index contributed by atoms with van der Waals surface area (Å²) < 4.78 is 0. The highest BCUT2D eigenvalue weighted by molar-refractivity contribution is 5.00. The molecule has 1 heterocycles. The molecule has 5 heteroatoms. The van der Waals surface area contributed by atoms with Gasteiger partial charge >= 0.3 is 0 Å². The third-order valence-corrected chi connectivity index (χ3v) is 3.14. The first-order valence-corrected chi connectivity index (χ1v) is 5.91. The van der Waals surface area contributed by atoms with Gasteiger partial charge in [-0.2, -0.15) is 0 Å². The van der Waals surface area contributed by atoms with Crippen molar-refractivity contribution >= 4 is 0 Å². The van der Waals surface area contributed by atoms with Crippen LogP contribution in [0.25, 0.3) is 0 Å². The van der Waals surface area contributed by atoms with Crippen molar-refractivity contribution in [2.24, 2.45) is 5.73 Å². The molecule has 0 aliphatic carbocycles. The molecule has 5 nitrogen and oxygen atoms in total. The minimum atomic E-state index is -0.114. The molecule has 0 spiro atoms. The van der Waals surface area contributed by atoms with Crippen LogP contribution in [0.2, 0.25) is 0 Å². The zero-order chi connectivity index (χ0) is 12.2. The van der Waals surface area contributed by atoms with Gasteiger partial charge in [0.2, 0.25) is 0 Å². The number of hydrogen-bond acceptors (Lipinski definition) is 5. The van der Waals surface area contributed by atoms with Gasteiger partial charge in [-0.05, 0) is 12.8 Å². The fourth-order valence-corrected chi connectivity index (χ4v) is 1.72. The van der Waals surface area contributed by atoms with Crippen LogP contribution >= 0.6 is 0 Å². The molecule has 0 radical (unpaired) electrons.